The summed E-state index contributed by atoms with van der Waals surface area (Å²) in [5.74, 6) is -1.49. The van der Waals surface area contributed by atoms with Crippen molar-refractivity contribution < 1.29 is 19.1 Å². The Morgan fingerprint density at radius 3 is 2.33 bits per heavy atom. The van der Waals surface area contributed by atoms with E-state index >= 15 is 0 Å². The van der Waals surface area contributed by atoms with Crippen molar-refractivity contribution in [2.45, 2.75) is 26.3 Å². The molecule has 0 heterocycles. The molecule has 24 heavy (non-hydrogen) atoms. The van der Waals surface area contributed by atoms with Crippen LogP contribution in [0, 0.1) is 0 Å². The van der Waals surface area contributed by atoms with Crippen LogP contribution >= 0.6 is 23.2 Å². The topological polar surface area (TPSA) is 75.7 Å². The summed E-state index contributed by atoms with van der Waals surface area (Å²) in [5.41, 5.74) is -0.202. The maximum atomic E-state index is 11.9. The Hall–Kier alpha value is -1.79. The second-order valence-electron chi connectivity index (χ2n) is 6.25. The van der Waals surface area contributed by atoms with E-state index in [0.29, 0.717) is 5.02 Å². The average molecular weight is 375 g/mol. The van der Waals surface area contributed by atoms with Gasteiger partial charge in [0.25, 0.3) is 5.91 Å². The van der Waals surface area contributed by atoms with Gasteiger partial charge < -0.3 is 15.0 Å². The Labute approximate surface area is 151 Å². The van der Waals surface area contributed by atoms with Crippen LogP contribution in [0.25, 0.3) is 0 Å². The van der Waals surface area contributed by atoms with Crippen molar-refractivity contribution in [1.82, 2.24) is 10.2 Å². The van der Waals surface area contributed by atoms with E-state index in [1.165, 1.54) is 30.1 Å². The van der Waals surface area contributed by atoms with E-state index in [4.69, 9.17) is 27.9 Å². The van der Waals surface area contributed by atoms with Crippen molar-refractivity contribution in [2.75, 3.05) is 20.2 Å². The van der Waals surface area contributed by atoms with E-state index in [0.717, 1.165) is 0 Å². The van der Waals surface area contributed by atoms with Crippen LogP contribution in [0.4, 0.5) is 0 Å². The molecule has 6 nitrogen and oxygen atoms in total. The number of amides is 2. The molecule has 0 aliphatic rings. The molecular formula is C16H20Cl2N2O4. The highest BCUT2D eigenvalue weighted by molar-refractivity contribution is 6.42. The van der Waals surface area contributed by atoms with E-state index in [1.54, 1.807) is 0 Å². The maximum Gasteiger partial charge on any atom is 0.338 e. The zero-order chi connectivity index (χ0) is 18.5. The molecule has 2 amide bonds. The fourth-order valence-corrected chi connectivity index (χ4v) is 2.00. The van der Waals surface area contributed by atoms with Crippen LogP contribution in [0.3, 0.4) is 0 Å². The average Bonchev–Trinajstić information content (AvgIpc) is 2.45. The summed E-state index contributed by atoms with van der Waals surface area (Å²) in [5, 5.41) is 3.27. The molecule has 0 fully saturated rings. The first-order valence-corrected chi connectivity index (χ1v) is 7.92. The second kappa shape index (κ2) is 8.35. The first kappa shape index (κ1) is 20.3. The van der Waals surface area contributed by atoms with Gasteiger partial charge in [-0.1, -0.05) is 23.2 Å². The van der Waals surface area contributed by atoms with E-state index in [1.807, 2.05) is 20.8 Å². The third-order valence-corrected chi connectivity index (χ3v) is 3.54. The number of nitrogens with one attached hydrogen (secondary N) is 1. The van der Waals surface area contributed by atoms with Crippen LogP contribution in [0.1, 0.15) is 31.1 Å². The molecule has 0 atom stereocenters. The predicted molar refractivity (Wildman–Crippen MR) is 92.3 cm³/mol. The number of benzene rings is 1. The molecule has 0 saturated carbocycles. The molecule has 0 saturated heterocycles. The third-order valence-electron chi connectivity index (χ3n) is 2.80. The number of carbonyl (C=O) groups is 3. The number of halogens is 2. The highest BCUT2D eigenvalue weighted by atomic mass is 35.5. The quantitative estimate of drug-likeness (QED) is 0.803. The Kier molecular flexibility index (Phi) is 7.05. The highest BCUT2D eigenvalue weighted by Crippen LogP contribution is 2.22. The molecule has 1 aromatic rings. The largest absolute Gasteiger partial charge is 0.452 e. The van der Waals surface area contributed by atoms with Gasteiger partial charge in [0.1, 0.15) is 0 Å². The molecule has 0 aliphatic carbocycles. The molecule has 0 unspecified atom stereocenters. The number of hydrogen-bond donors (Lipinski definition) is 1. The summed E-state index contributed by atoms with van der Waals surface area (Å²) in [6.45, 7) is 4.92. The molecule has 0 spiro atoms. The molecule has 132 valence electrons. The van der Waals surface area contributed by atoms with Gasteiger partial charge in [-0.25, -0.2) is 4.79 Å². The summed E-state index contributed by atoms with van der Waals surface area (Å²) in [6.07, 6.45) is 0. The van der Waals surface area contributed by atoms with E-state index in [-0.39, 0.29) is 28.6 Å². The lowest BCUT2D eigenvalue weighted by Crippen LogP contribution is -2.46. The Bertz CT molecular complexity index is 641. The molecule has 1 rings (SSSR count). The van der Waals surface area contributed by atoms with Gasteiger partial charge in [-0.05, 0) is 39.0 Å². The van der Waals surface area contributed by atoms with Crippen molar-refractivity contribution in [3.8, 4) is 0 Å². The number of hydrogen-bond acceptors (Lipinski definition) is 4. The SMILES string of the molecule is CN(CC(=O)NC(C)(C)C)C(=O)COC(=O)c1ccc(Cl)c(Cl)c1. The molecule has 0 aliphatic heterocycles. The number of carbonyl (C=O) groups excluding carboxylic acids is 3. The van der Waals surface area contributed by atoms with E-state index in [9.17, 15) is 14.4 Å². The highest BCUT2D eigenvalue weighted by Gasteiger charge is 2.19. The number of esters is 1. The first-order chi connectivity index (χ1) is 11.0. The van der Waals surface area contributed by atoms with Gasteiger partial charge in [-0.15, -0.1) is 0 Å². The molecule has 1 aromatic carbocycles. The number of likely N-dealkylation sites (N-methyl/N-ethyl adjacent to an activating group) is 1. The maximum absolute atomic E-state index is 11.9. The smallest absolute Gasteiger partial charge is 0.338 e. The van der Waals surface area contributed by atoms with Crippen LogP contribution in [-0.4, -0.2) is 48.4 Å². The lowest BCUT2D eigenvalue weighted by Gasteiger charge is -2.23. The minimum atomic E-state index is -0.700. The summed E-state index contributed by atoms with van der Waals surface area (Å²) in [4.78, 5) is 36.7. The van der Waals surface area contributed by atoms with Crippen molar-refractivity contribution in [3.63, 3.8) is 0 Å². The van der Waals surface area contributed by atoms with Crippen molar-refractivity contribution in [1.29, 1.82) is 0 Å². The fraction of sp³-hybridized carbons (Fsp3) is 0.438. The van der Waals surface area contributed by atoms with Gasteiger partial charge in [0, 0.05) is 12.6 Å². The van der Waals surface area contributed by atoms with E-state index < -0.39 is 18.5 Å². The zero-order valence-electron chi connectivity index (χ0n) is 14.0. The standard InChI is InChI=1S/C16H20Cl2N2O4/c1-16(2,3)19-13(21)8-20(4)14(22)9-24-15(23)10-5-6-11(17)12(18)7-10/h5-7H,8-9H2,1-4H3,(H,19,21). The first-order valence-electron chi connectivity index (χ1n) is 7.17. The van der Waals surface area contributed by atoms with Gasteiger partial charge in [0.05, 0.1) is 22.2 Å². The summed E-state index contributed by atoms with van der Waals surface area (Å²) in [6, 6.07) is 4.27. The molecule has 0 aromatic heterocycles. The fourth-order valence-electron chi connectivity index (χ4n) is 1.71. The Balaban J connectivity index is 2.51. The Morgan fingerprint density at radius 1 is 1.17 bits per heavy atom. The van der Waals surface area contributed by atoms with Gasteiger partial charge in [0.2, 0.25) is 5.91 Å². The second-order valence-corrected chi connectivity index (χ2v) is 7.07. The van der Waals surface area contributed by atoms with Gasteiger partial charge in [-0.2, -0.15) is 0 Å². The minimum absolute atomic E-state index is 0.125. The molecule has 1 N–H and O–H groups in total. The van der Waals surface area contributed by atoms with Crippen LogP contribution in [0.2, 0.25) is 10.0 Å². The Morgan fingerprint density at radius 2 is 1.79 bits per heavy atom. The van der Waals surface area contributed by atoms with Crippen molar-refractivity contribution in [2.24, 2.45) is 0 Å². The number of nitrogens with zero attached hydrogens (tertiary/aromatic N) is 1. The lowest BCUT2D eigenvalue weighted by molar-refractivity contribution is -0.137. The van der Waals surface area contributed by atoms with E-state index in [2.05, 4.69) is 5.32 Å². The minimum Gasteiger partial charge on any atom is -0.452 e. The zero-order valence-corrected chi connectivity index (χ0v) is 15.5. The summed E-state index contributed by atoms with van der Waals surface area (Å²) in [7, 11) is 1.46. The number of ether oxygens (including phenoxy) is 1. The predicted octanol–water partition coefficient (Wildman–Crippen LogP) is 2.52. The summed E-state index contributed by atoms with van der Waals surface area (Å²) >= 11 is 11.6. The van der Waals surface area contributed by atoms with Crippen molar-refractivity contribution >= 4 is 41.0 Å². The van der Waals surface area contributed by atoms with Crippen LogP contribution in [0.15, 0.2) is 18.2 Å². The molecular weight excluding hydrogens is 355 g/mol. The van der Waals surface area contributed by atoms with Gasteiger partial charge in [-0.3, -0.25) is 9.59 Å². The van der Waals surface area contributed by atoms with Gasteiger partial charge in [0.15, 0.2) is 6.61 Å². The monoisotopic (exact) mass is 374 g/mol. The lowest BCUT2D eigenvalue weighted by atomic mass is 10.1. The van der Waals surface area contributed by atoms with Crippen LogP contribution in [-0.2, 0) is 14.3 Å². The summed E-state index contributed by atoms with van der Waals surface area (Å²) < 4.78 is 4.92. The van der Waals surface area contributed by atoms with Gasteiger partial charge >= 0.3 is 5.97 Å². The normalized spacial score (nSPS) is 10.9. The van der Waals surface area contributed by atoms with Crippen molar-refractivity contribution in [3.05, 3.63) is 33.8 Å². The molecule has 8 heteroatoms. The van der Waals surface area contributed by atoms with Crippen LogP contribution in [0.5, 0.6) is 0 Å². The number of rotatable bonds is 5. The van der Waals surface area contributed by atoms with Crippen LogP contribution < -0.4 is 5.32 Å². The third kappa shape index (κ3) is 6.76. The molecule has 0 bridgehead atoms. The molecule has 0 radical (unpaired) electrons.